The van der Waals surface area contributed by atoms with E-state index in [-0.39, 0.29) is 0 Å². The van der Waals surface area contributed by atoms with Gasteiger partial charge in [-0.25, -0.2) is 8.78 Å². The molecule has 0 bridgehead atoms. The van der Waals surface area contributed by atoms with Gasteiger partial charge in [0.2, 0.25) is 0 Å². The summed E-state index contributed by atoms with van der Waals surface area (Å²) in [6, 6.07) is 0.875. The van der Waals surface area contributed by atoms with Gasteiger partial charge in [0.1, 0.15) is 4.90 Å². The molecule has 0 saturated carbocycles. The van der Waals surface area contributed by atoms with Crippen molar-refractivity contribution in [1.82, 2.24) is 0 Å². The number of alkyl halides is 3. The molecule has 88 valence electrons. The van der Waals surface area contributed by atoms with Crippen molar-refractivity contribution in [3.8, 4) is 0 Å². The van der Waals surface area contributed by atoms with Crippen LogP contribution in [0.15, 0.2) is 17.0 Å². The van der Waals surface area contributed by atoms with Gasteiger partial charge in [-0.05, 0) is 17.8 Å². The van der Waals surface area contributed by atoms with Gasteiger partial charge in [-0.3, -0.25) is 10.1 Å². The first-order valence-corrected chi connectivity index (χ1v) is 4.42. The molecule has 0 fully saturated rings. The Kier molecular flexibility index (Phi) is 3.36. The zero-order valence-corrected chi connectivity index (χ0v) is 8.03. The quantitative estimate of drug-likeness (QED) is 0.353. The third-order valence-electron chi connectivity index (χ3n) is 1.44. The monoisotopic (exact) mass is 259 g/mol. The fraction of sp³-hybridized carbons (Fsp3) is 0.143. The second-order valence-corrected chi connectivity index (χ2v) is 3.59. The van der Waals surface area contributed by atoms with Crippen molar-refractivity contribution in [3.63, 3.8) is 0 Å². The van der Waals surface area contributed by atoms with E-state index in [2.05, 4.69) is 0 Å². The molecule has 0 amide bonds. The van der Waals surface area contributed by atoms with Crippen LogP contribution in [-0.4, -0.2) is 10.4 Å². The van der Waals surface area contributed by atoms with E-state index in [1.165, 1.54) is 0 Å². The van der Waals surface area contributed by atoms with Crippen LogP contribution >= 0.6 is 11.8 Å². The minimum atomic E-state index is -4.93. The van der Waals surface area contributed by atoms with Crippen molar-refractivity contribution in [3.05, 3.63) is 33.9 Å². The smallest absolute Gasteiger partial charge is 0.258 e. The van der Waals surface area contributed by atoms with Crippen molar-refractivity contribution in [1.29, 1.82) is 0 Å². The van der Waals surface area contributed by atoms with Gasteiger partial charge >= 0.3 is 5.51 Å². The molecule has 1 aromatic rings. The second-order valence-electron chi connectivity index (χ2n) is 2.51. The Morgan fingerprint density at radius 1 is 1.25 bits per heavy atom. The van der Waals surface area contributed by atoms with E-state index in [9.17, 15) is 32.1 Å². The van der Waals surface area contributed by atoms with Crippen molar-refractivity contribution in [2.75, 3.05) is 0 Å². The SMILES string of the molecule is O=[N+]([O-])c1ccc(F)c(F)c1SC(F)(F)F. The van der Waals surface area contributed by atoms with Gasteiger partial charge in [-0.2, -0.15) is 13.2 Å². The first-order valence-electron chi connectivity index (χ1n) is 3.60. The summed E-state index contributed by atoms with van der Waals surface area (Å²) in [4.78, 5) is 7.72. The number of nitro groups is 1. The van der Waals surface area contributed by atoms with Crippen molar-refractivity contribution in [2.45, 2.75) is 10.4 Å². The topological polar surface area (TPSA) is 43.1 Å². The fourth-order valence-electron chi connectivity index (χ4n) is 0.878. The van der Waals surface area contributed by atoms with Crippen LogP contribution in [0, 0.1) is 21.7 Å². The molecule has 9 heteroatoms. The maximum absolute atomic E-state index is 13.0. The molecule has 16 heavy (non-hydrogen) atoms. The van der Waals surface area contributed by atoms with Crippen molar-refractivity contribution >= 4 is 17.4 Å². The predicted molar refractivity (Wildman–Crippen MR) is 44.9 cm³/mol. The molecule has 0 atom stereocenters. The van der Waals surface area contributed by atoms with E-state index in [1.54, 1.807) is 0 Å². The number of rotatable bonds is 2. The van der Waals surface area contributed by atoms with Crippen molar-refractivity contribution in [2.24, 2.45) is 0 Å². The summed E-state index contributed by atoms with van der Waals surface area (Å²) in [7, 11) is 0. The van der Waals surface area contributed by atoms with Gasteiger partial charge in [0.25, 0.3) is 5.69 Å². The lowest BCUT2D eigenvalue weighted by atomic mass is 10.3. The minimum absolute atomic E-state index is 0.397. The van der Waals surface area contributed by atoms with Crippen molar-refractivity contribution < 1.29 is 26.9 Å². The predicted octanol–water partition coefficient (Wildman–Crippen LogP) is 3.48. The maximum atomic E-state index is 13.0. The normalized spacial score (nSPS) is 11.6. The molecule has 0 unspecified atom stereocenters. The Morgan fingerprint density at radius 3 is 2.25 bits per heavy atom. The van der Waals surface area contributed by atoms with Gasteiger partial charge in [0, 0.05) is 6.07 Å². The highest BCUT2D eigenvalue weighted by atomic mass is 32.2. The summed E-state index contributed by atoms with van der Waals surface area (Å²) in [5.74, 6) is -3.45. The number of nitro benzene ring substituents is 1. The highest BCUT2D eigenvalue weighted by Crippen LogP contribution is 2.43. The van der Waals surface area contributed by atoms with E-state index in [1.807, 2.05) is 0 Å². The summed E-state index contributed by atoms with van der Waals surface area (Å²) in [6.07, 6.45) is 0. The van der Waals surface area contributed by atoms with Gasteiger partial charge in [-0.15, -0.1) is 0 Å². The van der Waals surface area contributed by atoms with Gasteiger partial charge in [-0.1, -0.05) is 0 Å². The Hall–Kier alpha value is -1.38. The Morgan fingerprint density at radius 2 is 1.81 bits per heavy atom. The molecule has 0 aliphatic carbocycles. The van der Waals surface area contributed by atoms with E-state index >= 15 is 0 Å². The average Bonchev–Trinajstić information content (AvgIpc) is 2.10. The third kappa shape index (κ3) is 2.81. The summed E-state index contributed by atoms with van der Waals surface area (Å²) in [5, 5.41) is 10.3. The Bertz CT molecular complexity index is 434. The summed E-state index contributed by atoms with van der Waals surface area (Å²) < 4.78 is 61.4. The van der Waals surface area contributed by atoms with Crippen LogP contribution in [0.2, 0.25) is 0 Å². The minimum Gasteiger partial charge on any atom is -0.258 e. The molecule has 1 aromatic carbocycles. The number of hydrogen-bond acceptors (Lipinski definition) is 3. The molecule has 3 nitrogen and oxygen atoms in total. The molecule has 0 aliphatic heterocycles. The fourth-order valence-corrected chi connectivity index (χ4v) is 1.54. The van der Waals surface area contributed by atoms with Crippen LogP contribution in [0.3, 0.4) is 0 Å². The molecule has 1 rings (SSSR count). The zero-order chi connectivity index (χ0) is 12.5. The molecule has 0 spiro atoms. The molecular weight excluding hydrogens is 257 g/mol. The van der Waals surface area contributed by atoms with Crippen LogP contribution in [-0.2, 0) is 0 Å². The lowest BCUT2D eigenvalue weighted by Gasteiger charge is -2.07. The van der Waals surface area contributed by atoms with E-state index in [0.29, 0.717) is 12.1 Å². The highest BCUT2D eigenvalue weighted by Gasteiger charge is 2.36. The molecule has 0 saturated heterocycles. The van der Waals surface area contributed by atoms with E-state index in [0.717, 1.165) is 0 Å². The summed E-state index contributed by atoms with van der Waals surface area (Å²) in [6.45, 7) is 0. The van der Waals surface area contributed by atoms with Crippen LogP contribution in [0.25, 0.3) is 0 Å². The van der Waals surface area contributed by atoms with Crippen LogP contribution in [0.1, 0.15) is 0 Å². The average molecular weight is 259 g/mol. The zero-order valence-electron chi connectivity index (χ0n) is 7.22. The molecular formula is C7H2F5NO2S. The Labute approximate surface area is 89.4 Å². The number of hydrogen-bond donors (Lipinski definition) is 0. The highest BCUT2D eigenvalue weighted by molar-refractivity contribution is 8.00. The lowest BCUT2D eigenvalue weighted by molar-refractivity contribution is -0.388. The molecule has 0 aliphatic rings. The lowest BCUT2D eigenvalue weighted by Crippen LogP contribution is -2.04. The number of halogens is 5. The third-order valence-corrected chi connectivity index (χ3v) is 2.27. The molecule has 0 radical (unpaired) electrons. The van der Waals surface area contributed by atoms with Crippen LogP contribution < -0.4 is 0 Å². The standard InChI is InChI=1S/C7H2F5NO2S/c8-3-1-2-4(13(14)15)6(5(3)9)16-7(10,11)12/h1-2H. The van der Waals surface area contributed by atoms with E-state index in [4.69, 9.17) is 0 Å². The second kappa shape index (κ2) is 4.24. The van der Waals surface area contributed by atoms with Gasteiger partial charge in [0.05, 0.1) is 4.92 Å². The van der Waals surface area contributed by atoms with Gasteiger partial charge in [0.15, 0.2) is 11.6 Å². The number of thioether (sulfide) groups is 1. The maximum Gasteiger partial charge on any atom is 0.446 e. The first kappa shape index (κ1) is 12.7. The number of benzene rings is 1. The van der Waals surface area contributed by atoms with Crippen LogP contribution in [0.4, 0.5) is 27.6 Å². The Balaban J connectivity index is 3.32. The van der Waals surface area contributed by atoms with Crippen LogP contribution in [0.5, 0.6) is 0 Å². The molecule has 0 heterocycles. The number of nitrogens with zero attached hydrogens (tertiary/aromatic N) is 1. The molecule has 0 N–H and O–H groups in total. The summed E-state index contributed by atoms with van der Waals surface area (Å²) in [5.41, 5.74) is -6.06. The summed E-state index contributed by atoms with van der Waals surface area (Å²) >= 11 is -1.06. The largest absolute Gasteiger partial charge is 0.446 e. The van der Waals surface area contributed by atoms with E-state index < -0.39 is 44.4 Å². The van der Waals surface area contributed by atoms with Gasteiger partial charge < -0.3 is 0 Å². The molecule has 0 aromatic heterocycles. The first-order chi connectivity index (χ1) is 7.22.